The van der Waals surface area contributed by atoms with Crippen molar-refractivity contribution in [1.82, 2.24) is 10.6 Å². The van der Waals surface area contributed by atoms with Gasteiger partial charge in [-0.2, -0.15) is 0 Å². The van der Waals surface area contributed by atoms with E-state index in [1.165, 1.54) is 89.9 Å². The maximum atomic E-state index is 11.7. The minimum Gasteiger partial charge on any atom is -0.492 e. The molecule has 0 aromatic heterocycles. The topological polar surface area (TPSA) is 111 Å². The lowest BCUT2D eigenvalue weighted by molar-refractivity contribution is -0.116. The number of carbonyl (C=O) groups excluding carboxylic acids is 4. The molecule has 2 saturated heterocycles. The maximum absolute atomic E-state index is 11.7. The highest BCUT2D eigenvalue weighted by molar-refractivity contribution is 8.18. The zero-order chi connectivity index (χ0) is 36.7. The van der Waals surface area contributed by atoms with E-state index in [1.807, 2.05) is 36.4 Å². The van der Waals surface area contributed by atoms with Gasteiger partial charge in [-0.1, -0.05) is 125 Å². The van der Waals surface area contributed by atoms with Crippen molar-refractivity contribution < 1.29 is 28.7 Å². The highest BCUT2D eigenvalue weighted by Crippen LogP contribution is 2.35. The Balaban J connectivity index is 0.000000201. The van der Waals surface area contributed by atoms with Gasteiger partial charge in [0.15, 0.2) is 0 Å². The lowest BCUT2D eigenvalue weighted by atomic mass is 9.86. The van der Waals surface area contributed by atoms with E-state index in [0.717, 1.165) is 48.2 Å². The molecule has 4 fully saturated rings. The summed E-state index contributed by atoms with van der Waals surface area (Å²) in [7, 11) is 0. The van der Waals surface area contributed by atoms with Crippen LogP contribution in [-0.4, -0.2) is 35.5 Å². The zero-order valence-corrected chi connectivity index (χ0v) is 32.7. The van der Waals surface area contributed by atoms with Gasteiger partial charge in [-0.05, 0) is 96.5 Å². The Morgan fingerprint density at radius 2 is 1.00 bits per heavy atom. The molecule has 2 saturated carbocycles. The van der Waals surface area contributed by atoms with E-state index in [4.69, 9.17) is 32.7 Å². The lowest BCUT2D eigenvalue weighted by Gasteiger charge is -2.21. The van der Waals surface area contributed by atoms with Crippen molar-refractivity contribution in [2.45, 2.75) is 103 Å². The Morgan fingerprint density at radius 1 is 0.596 bits per heavy atom. The first-order chi connectivity index (χ1) is 25.3. The smallest absolute Gasteiger partial charge is 0.290 e. The largest absolute Gasteiger partial charge is 0.492 e. The summed E-state index contributed by atoms with van der Waals surface area (Å²) in [6.07, 6.45) is 24.2. The van der Waals surface area contributed by atoms with E-state index in [9.17, 15) is 19.2 Å². The summed E-state index contributed by atoms with van der Waals surface area (Å²) < 4.78 is 11.7. The fourth-order valence-electron chi connectivity index (χ4n) is 7.01. The molecule has 2 aliphatic heterocycles. The first-order valence-corrected chi connectivity index (χ1v) is 21.0. The second-order valence-electron chi connectivity index (χ2n) is 13.7. The van der Waals surface area contributed by atoms with Gasteiger partial charge in [-0.25, -0.2) is 0 Å². The fourth-order valence-corrected chi connectivity index (χ4v) is 8.83. The number of unbranched alkanes of at least 4 members (excludes halogenated alkanes) is 2. The van der Waals surface area contributed by atoms with Gasteiger partial charge in [-0.3, -0.25) is 29.8 Å². The molecule has 2 aromatic carbocycles. The average molecular weight is 788 g/mol. The standard InChI is InChI=1S/2C20H24ClNO3S/c2*21-18-15(13-17-19(23)22-20(24)26-17)10-6-11-16(18)25-12-5-4-9-14-7-2-1-3-8-14/h2*6,10-11,13-14H,1-5,7-9,12H2,(H,22,23,24). The molecule has 4 amide bonds. The number of halogens is 2. The Bertz CT molecular complexity index is 1520. The summed E-state index contributed by atoms with van der Waals surface area (Å²) in [5, 5.41) is 4.71. The maximum Gasteiger partial charge on any atom is 0.290 e. The quantitative estimate of drug-likeness (QED) is 0.144. The van der Waals surface area contributed by atoms with Crippen LogP contribution < -0.4 is 20.1 Å². The van der Waals surface area contributed by atoms with Crippen LogP contribution in [0.2, 0.25) is 10.0 Å². The Labute approximate surface area is 325 Å². The number of carbonyl (C=O) groups is 4. The number of rotatable bonds is 14. The molecule has 0 spiro atoms. The third-order valence-electron chi connectivity index (χ3n) is 9.82. The second-order valence-corrected chi connectivity index (χ2v) is 16.5. The number of hydrogen-bond acceptors (Lipinski definition) is 8. The number of benzene rings is 2. The van der Waals surface area contributed by atoms with E-state index in [0.29, 0.717) is 55.7 Å². The van der Waals surface area contributed by atoms with Gasteiger partial charge in [0.05, 0.1) is 33.1 Å². The van der Waals surface area contributed by atoms with Crippen molar-refractivity contribution in [3.63, 3.8) is 0 Å². The minimum atomic E-state index is -0.384. The van der Waals surface area contributed by atoms with E-state index in [1.54, 1.807) is 12.2 Å². The molecule has 6 rings (SSSR count). The van der Waals surface area contributed by atoms with Crippen LogP contribution in [0, 0.1) is 11.8 Å². The van der Waals surface area contributed by atoms with Crippen molar-refractivity contribution in [3.8, 4) is 11.5 Å². The zero-order valence-electron chi connectivity index (χ0n) is 29.5. The molecule has 280 valence electrons. The van der Waals surface area contributed by atoms with Crippen LogP contribution in [0.25, 0.3) is 12.2 Å². The Morgan fingerprint density at radius 3 is 1.37 bits per heavy atom. The van der Waals surface area contributed by atoms with Crippen molar-refractivity contribution in [2.75, 3.05) is 13.2 Å². The first kappa shape index (κ1) is 40.3. The lowest BCUT2D eigenvalue weighted by Crippen LogP contribution is -2.17. The number of imide groups is 2. The molecule has 2 aromatic rings. The third-order valence-corrected chi connectivity index (χ3v) is 12.3. The average Bonchev–Trinajstić information content (AvgIpc) is 3.64. The number of amides is 4. The van der Waals surface area contributed by atoms with E-state index < -0.39 is 0 Å². The summed E-state index contributed by atoms with van der Waals surface area (Å²) in [5.41, 5.74) is 1.36. The summed E-state index contributed by atoms with van der Waals surface area (Å²) >= 11 is 14.6. The summed E-state index contributed by atoms with van der Waals surface area (Å²) in [6, 6.07) is 11.0. The van der Waals surface area contributed by atoms with Crippen molar-refractivity contribution in [2.24, 2.45) is 11.8 Å². The van der Waals surface area contributed by atoms with Gasteiger partial charge in [0.1, 0.15) is 11.5 Å². The monoisotopic (exact) mass is 786 g/mol. The molecule has 4 aliphatic rings. The van der Waals surface area contributed by atoms with E-state index in [-0.39, 0.29) is 22.3 Å². The van der Waals surface area contributed by atoms with E-state index >= 15 is 0 Å². The highest BCUT2D eigenvalue weighted by atomic mass is 35.5. The molecular formula is C40H48Cl2N2O6S2. The molecule has 2 heterocycles. The normalized spacial score (nSPS) is 19.8. The highest BCUT2D eigenvalue weighted by Gasteiger charge is 2.26. The van der Waals surface area contributed by atoms with Crippen LogP contribution in [0.1, 0.15) is 114 Å². The molecule has 12 heteroatoms. The predicted octanol–water partition coefficient (Wildman–Crippen LogP) is 11.6. The number of thioether (sulfide) groups is 2. The minimum absolute atomic E-state index is 0.349. The summed E-state index contributed by atoms with van der Waals surface area (Å²) in [5.74, 6) is 2.28. The van der Waals surface area contributed by atoms with Gasteiger partial charge < -0.3 is 9.47 Å². The SMILES string of the molecule is O=C1NC(=O)C(=Cc2cccc(OCCCCC3CCCCC3)c2Cl)S1.O=C1NC(=O)C(=Cc2cccc(OCCCCC3CCCCC3)c2Cl)S1. The molecule has 0 atom stereocenters. The molecule has 2 aliphatic carbocycles. The Kier molecular flexibility index (Phi) is 16.3. The Hall–Kier alpha value is -2.92. The second kappa shape index (κ2) is 21.1. The number of nitrogens with one attached hydrogen (secondary N) is 2. The van der Waals surface area contributed by atoms with Crippen LogP contribution in [-0.2, 0) is 9.59 Å². The van der Waals surface area contributed by atoms with Crippen LogP contribution in [0.15, 0.2) is 46.2 Å². The molecule has 0 bridgehead atoms. The summed E-state index contributed by atoms with van der Waals surface area (Å²) in [4.78, 5) is 46.5. The molecular weight excluding hydrogens is 739 g/mol. The summed E-state index contributed by atoms with van der Waals surface area (Å²) in [6.45, 7) is 1.28. The van der Waals surface area contributed by atoms with Gasteiger partial charge >= 0.3 is 0 Å². The number of hydrogen-bond donors (Lipinski definition) is 2. The molecule has 52 heavy (non-hydrogen) atoms. The van der Waals surface area contributed by atoms with Crippen LogP contribution in [0.3, 0.4) is 0 Å². The number of ether oxygens (including phenoxy) is 2. The fraction of sp³-hybridized carbons (Fsp3) is 0.500. The van der Waals surface area contributed by atoms with Gasteiger partial charge in [0.2, 0.25) is 0 Å². The molecule has 2 N–H and O–H groups in total. The van der Waals surface area contributed by atoms with Crippen LogP contribution in [0.4, 0.5) is 9.59 Å². The van der Waals surface area contributed by atoms with Gasteiger partial charge in [0, 0.05) is 0 Å². The molecule has 0 unspecified atom stereocenters. The van der Waals surface area contributed by atoms with Crippen molar-refractivity contribution in [1.29, 1.82) is 0 Å². The van der Waals surface area contributed by atoms with Gasteiger partial charge in [-0.15, -0.1) is 0 Å². The van der Waals surface area contributed by atoms with Crippen LogP contribution >= 0.6 is 46.7 Å². The molecule has 0 radical (unpaired) electrons. The third kappa shape index (κ3) is 12.6. The van der Waals surface area contributed by atoms with Crippen molar-refractivity contribution in [3.05, 3.63) is 67.4 Å². The predicted molar refractivity (Wildman–Crippen MR) is 213 cm³/mol. The van der Waals surface area contributed by atoms with Crippen molar-refractivity contribution >= 4 is 81.2 Å². The van der Waals surface area contributed by atoms with Crippen LogP contribution in [0.5, 0.6) is 11.5 Å². The van der Waals surface area contributed by atoms with Gasteiger partial charge in [0.25, 0.3) is 22.3 Å². The first-order valence-electron chi connectivity index (χ1n) is 18.6. The van der Waals surface area contributed by atoms with E-state index in [2.05, 4.69) is 10.6 Å². The molecule has 8 nitrogen and oxygen atoms in total.